The van der Waals surface area contributed by atoms with Gasteiger partial charge in [0.2, 0.25) is 0 Å². The highest BCUT2D eigenvalue weighted by atomic mass is 15.2. The van der Waals surface area contributed by atoms with Crippen molar-refractivity contribution in [3.63, 3.8) is 0 Å². The van der Waals surface area contributed by atoms with Gasteiger partial charge in [0.1, 0.15) is 0 Å². The Morgan fingerprint density at radius 1 is 1.00 bits per heavy atom. The van der Waals surface area contributed by atoms with Gasteiger partial charge in [-0.05, 0) is 39.0 Å². The van der Waals surface area contributed by atoms with Crippen molar-refractivity contribution >= 4 is 0 Å². The van der Waals surface area contributed by atoms with Gasteiger partial charge in [-0.25, -0.2) is 0 Å². The van der Waals surface area contributed by atoms with Gasteiger partial charge >= 0.3 is 0 Å². The number of hydrogen-bond donors (Lipinski definition) is 1. The zero-order valence-corrected chi connectivity index (χ0v) is 11.2. The predicted molar refractivity (Wildman–Crippen MR) is 70.9 cm³/mol. The molecule has 0 aromatic heterocycles. The van der Waals surface area contributed by atoms with Crippen LogP contribution in [0.4, 0.5) is 0 Å². The summed E-state index contributed by atoms with van der Waals surface area (Å²) < 4.78 is 0. The molecule has 1 saturated heterocycles. The van der Waals surface area contributed by atoms with E-state index in [1.54, 1.807) is 0 Å². The molecule has 1 fully saturated rings. The Bertz CT molecular complexity index is 151. The molecule has 0 atom stereocenters. The molecule has 0 spiro atoms. The summed E-state index contributed by atoms with van der Waals surface area (Å²) in [5.74, 6) is 0. The van der Waals surface area contributed by atoms with Crippen molar-refractivity contribution in [2.45, 2.75) is 33.1 Å². The first kappa shape index (κ1) is 13.9. The fourth-order valence-electron chi connectivity index (χ4n) is 2.32. The van der Waals surface area contributed by atoms with Gasteiger partial charge in [-0.15, -0.1) is 0 Å². The number of likely N-dealkylation sites (N-methyl/N-ethyl adjacent to an activating group) is 1. The van der Waals surface area contributed by atoms with Crippen LogP contribution in [0.3, 0.4) is 0 Å². The van der Waals surface area contributed by atoms with Gasteiger partial charge < -0.3 is 15.1 Å². The summed E-state index contributed by atoms with van der Waals surface area (Å²) >= 11 is 0. The molecular weight excluding hydrogens is 198 g/mol. The number of piperidine rings is 1. The van der Waals surface area contributed by atoms with Crippen LogP contribution in [0.15, 0.2) is 0 Å². The molecule has 0 bridgehead atoms. The second-order valence-corrected chi connectivity index (χ2v) is 4.68. The van der Waals surface area contributed by atoms with E-state index in [0.717, 1.165) is 13.1 Å². The van der Waals surface area contributed by atoms with Crippen LogP contribution in [0.5, 0.6) is 0 Å². The Kier molecular flexibility index (Phi) is 7.81. The van der Waals surface area contributed by atoms with Crippen LogP contribution in [-0.2, 0) is 0 Å². The topological polar surface area (TPSA) is 18.5 Å². The van der Waals surface area contributed by atoms with Crippen molar-refractivity contribution in [3.8, 4) is 0 Å². The molecule has 0 radical (unpaired) electrons. The first-order chi connectivity index (χ1) is 7.86. The van der Waals surface area contributed by atoms with Crippen LogP contribution >= 0.6 is 0 Å². The van der Waals surface area contributed by atoms with Crippen LogP contribution in [0.2, 0.25) is 0 Å². The van der Waals surface area contributed by atoms with Crippen LogP contribution in [0, 0.1) is 0 Å². The van der Waals surface area contributed by atoms with Crippen molar-refractivity contribution in [1.82, 2.24) is 15.1 Å². The SMILES string of the molecule is CCN(CC)CCNCCN1CCCCC1. The molecule has 0 aromatic carbocycles. The van der Waals surface area contributed by atoms with Crippen LogP contribution in [-0.4, -0.2) is 62.2 Å². The van der Waals surface area contributed by atoms with Gasteiger partial charge in [0.15, 0.2) is 0 Å². The second kappa shape index (κ2) is 8.97. The minimum absolute atomic E-state index is 1.13. The van der Waals surface area contributed by atoms with Crippen LogP contribution < -0.4 is 5.32 Å². The highest BCUT2D eigenvalue weighted by molar-refractivity contribution is 4.65. The molecule has 0 amide bonds. The van der Waals surface area contributed by atoms with Gasteiger partial charge in [-0.3, -0.25) is 0 Å². The first-order valence-corrected chi connectivity index (χ1v) is 7.02. The number of rotatable bonds is 8. The monoisotopic (exact) mass is 227 g/mol. The molecule has 1 N–H and O–H groups in total. The zero-order valence-electron chi connectivity index (χ0n) is 11.2. The zero-order chi connectivity index (χ0) is 11.6. The largest absolute Gasteiger partial charge is 0.314 e. The van der Waals surface area contributed by atoms with E-state index in [0.29, 0.717) is 0 Å². The van der Waals surface area contributed by atoms with Crippen molar-refractivity contribution in [3.05, 3.63) is 0 Å². The summed E-state index contributed by atoms with van der Waals surface area (Å²) in [5, 5.41) is 3.55. The molecular formula is C13H29N3. The molecule has 3 heteroatoms. The molecule has 0 aliphatic carbocycles. The third-order valence-corrected chi connectivity index (χ3v) is 3.55. The van der Waals surface area contributed by atoms with Crippen molar-refractivity contribution in [2.75, 3.05) is 52.4 Å². The normalized spacial score (nSPS) is 18.2. The predicted octanol–water partition coefficient (Wildman–Crippen LogP) is 1.40. The minimum atomic E-state index is 1.13. The van der Waals surface area contributed by atoms with Crippen molar-refractivity contribution in [1.29, 1.82) is 0 Å². The van der Waals surface area contributed by atoms with Crippen molar-refractivity contribution < 1.29 is 0 Å². The maximum Gasteiger partial charge on any atom is 0.0107 e. The fraction of sp³-hybridized carbons (Fsp3) is 1.00. The van der Waals surface area contributed by atoms with Crippen LogP contribution in [0.1, 0.15) is 33.1 Å². The summed E-state index contributed by atoms with van der Waals surface area (Å²) in [5.41, 5.74) is 0. The lowest BCUT2D eigenvalue weighted by Gasteiger charge is -2.26. The van der Waals surface area contributed by atoms with E-state index in [1.165, 1.54) is 58.5 Å². The summed E-state index contributed by atoms with van der Waals surface area (Å²) in [6, 6.07) is 0. The molecule has 1 aliphatic rings. The number of nitrogens with one attached hydrogen (secondary N) is 1. The Labute approximate surface area is 101 Å². The van der Waals surface area contributed by atoms with E-state index in [2.05, 4.69) is 29.0 Å². The summed E-state index contributed by atoms with van der Waals surface area (Å²) in [6.07, 6.45) is 4.24. The van der Waals surface area contributed by atoms with Gasteiger partial charge in [-0.1, -0.05) is 20.3 Å². The Hall–Kier alpha value is -0.120. The molecule has 3 nitrogen and oxygen atoms in total. The van der Waals surface area contributed by atoms with Crippen LogP contribution in [0.25, 0.3) is 0 Å². The average Bonchev–Trinajstić information content (AvgIpc) is 2.35. The summed E-state index contributed by atoms with van der Waals surface area (Å²) in [7, 11) is 0. The highest BCUT2D eigenvalue weighted by Crippen LogP contribution is 2.07. The molecule has 0 aromatic rings. The van der Waals surface area contributed by atoms with Gasteiger partial charge in [0.25, 0.3) is 0 Å². The highest BCUT2D eigenvalue weighted by Gasteiger charge is 2.08. The maximum absolute atomic E-state index is 3.55. The lowest BCUT2D eigenvalue weighted by Crippen LogP contribution is -2.38. The Morgan fingerprint density at radius 3 is 2.31 bits per heavy atom. The van der Waals surface area contributed by atoms with E-state index < -0.39 is 0 Å². The third kappa shape index (κ3) is 5.83. The molecule has 96 valence electrons. The van der Waals surface area contributed by atoms with E-state index in [-0.39, 0.29) is 0 Å². The van der Waals surface area contributed by atoms with Gasteiger partial charge in [-0.2, -0.15) is 0 Å². The fourth-order valence-corrected chi connectivity index (χ4v) is 2.32. The summed E-state index contributed by atoms with van der Waals surface area (Å²) in [4.78, 5) is 5.06. The number of likely N-dealkylation sites (tertiary alicyclic amines) is 1. The molecule has 1 aliphatic heterocycles. The van der Waals surface area contributed by atoms with Crippen molar-refractivity contribution in [2.24, 2.45) is 0 Å². The summed E-state index contributed by atoms with van der Waals surface area (Å²) in [6.45, 7) is 14.2. The van der Waals surface area contributed by atoms with E-state index in [4.69, 9.17) is 0 Å². The molecule has 0 saturated carbocycles. The average molecular weight is 227 g/mol. The third-order valence-electron chi connectivity index (χ3n) is 3.55. The van der Waals surface area contributed by atoms with E-state index >= 15 is 0 Å². The standard InChI is InChI=1S/C13H29N3/c1-3-15(4-2)12-8-14-9-13-16-10-6-5-7-11-16/h14H,3-13H2,1-2H3. The lowest BCUT2D eigenvalue weighted by molar-refractivity contribution is 0.226. The molecule has 0 unspecified atom stereocenters. The van der Waals surface area contributed by atoms with Gasteiger partial charge in [0, 0.05) is 26.2 Å². The second-order valence-electron chi connectivity index (χ2n) is 4.68. The van der Waals surface area contributed by atoms with E-state index in [9.17, 15) is 0 Å². The minimum Gasteiger partial charge on any atom is -0.314 e. The molecule has 1 rings (SSSR count). The molecule has 1 heterocycles. The first-order valence-electron chi connectivity index (χ1n) is 7.02. The lowest BCUT2D eigenvalue weighted by atomic mass is 10.1. The van der Waals surface area contributed by atoms with E-state index in [1.807, 2.05) is 0 Å². The molecule has 16 heavy (non-hydrogen) atoms. The maximum atomic E-state index is 3.55. The number of hydrogen-bond acceptors (Lipinski definition) is 3. The van der Waals surface area contributed by atoms with Gasteiger partial charge in [0.05, 0.1) is 0 Å². The number of nitrogens with zero attached hydrogens (tertiary/aromatic N) is 2. The Balaban J connectivity index is 1.90. The smallest absolute Gasteiger partial charge is 0.0107 e. The Morgan fingerprint density at radius 2 is 1.69 bits per heavy atom. The quantitative estimate of drug-likeness (QED) is 0.633.